The molecule has 0 fully saturated rings. The van der Waals surface area contributed by atoms with Crippen LogP contribution >= 0.6 is 23.2 Å². The highest BCUT2D eigenvalue weighted by atomic mass is 35.5. The number of benzene rings is 1. The molecule has 0 spiro atoms. The number of anilines is 2. The number of nitrogens with two attached hydrogens (primary N) is 1. The van der Waals surface area contributed by atoms with Gasteiger partial charge in [0, 0.05) is 40.5 Å². The number of hydrogen-bond donors (Lipinski definition) is 1. The molecule has 0 saturated carbocycles. The Morgan fingerprint density at radius 1 is 1.24 bits per heavy atom. The number of fused-ring (bicyclic) bond motifs is 1. The molecule has 25 heavy (non-hydrogen) atoms. The molecule has 0 atom stereocenters. The third-order valence-electron chi connectivity index (χ3n) is 4.12. The molecule has 0 bridgehead atoms. The molecule has 0 amide bonds. The SMILES string of the molecule is CN(C)CCCN1CC(c2c(Cl)cccc2Cl)=Cc2cnc(N)nc21. The molecule has 5 nitrogen and oxygen atoms in total. The largest absolute Gasteiger partial charge is 0.368 e. The van der Waals surface area contributed by atoms with Gasteiger partial charge in [-0.25, -0.2) is 4.98 Å². The molecule has 1 aliphatic heterocycles. The van der Waals surface area contributed by atoms with Gasteiger partial charge in [-0.05, 0) is 50.8 Å². The van der Waals surface area contributed by atoms with E-state index < -0.39 is 0 Å². The number of hydrogen-bond acceptors (Lipinski definition) is 5. The monoisotopic (exact) mass is 377 g/mol. The van der Waals surface area contributed by atoms with E-state index in [4.69, 9.17) is 28.9 Å². The van der Waals surface area contributed by atoms with Gasteiger partial charge >= 0.3 is 0 Å². The molecule has 0 unspecified atom stereocenters. The maximum Gasteiger partial charge on any atom is 0.221 e. The quantitative estimate of drug-likeness (QED) is 0.860. The number of aromatic nitrogens is 2. The summed E-state index contributed by atoms with van der Waals surface area (Å²) >= 11 is 12.8. The van der Waals surface area contributed by atoms with Crippen LogP contribution in [0.15, 0.2) is 24.4 Å². The summed E-state index contributed by atoms with van der Waals surface area (Å²) in [5.74, 6) is 1.14. The average Bonchev–Trinajstić information content (AvgIpc) is 2.55. The molecule has 1 aromatic carbocycles. The minimum atomic E-state index is 0.281. The summed E-state index contributed by atoms with van der Waals surface area (Å²) < 4.78 is 0. The third kappa shape index (κ3) is 4.06. The van der Waals surface area contributed by atoms with Crippen LogP contribution in [0.2, 0.25) is 10.0 Å². The summed E-state index contributed by atoms with van der Waals surface area (Å²) in [5.41, 5.74) is 8.65. The molecule has 132 valence electrons. The van der Waals surface area contributed by atoms with Crippen LogP contribution in [0.3, 0.4) is 0 Å². The molecule has 3 rings (SSSR count). The highest BCUT2D eigenvalue weighted by Crippen LogP contribution is 2.37. The number of nitrogens with zero attached hydrogens (tertiary/aromatic N) is 4. The maximum atomic E-state index is 6.41. The van der Waals surface area contributed by atoms with Crippen molar-refractivity contribution in [3.05, 3.63) is 45.6 Å². The fraction of sp³-hybridized carbons (Fsp3) is 0.333. The van der Waals surface area contributed by atoms with Crippen LogP contribution in [0.4, 0.5) is 11.8 Å². The van der Waals surface area contributed by atoms with Crippen LogP contribution in [-0.4, -0.2) is 48.6 Å². The van der Waals surface area contributed by atoms with E-state index in [0.29, 0.717) is 16.6 Å². The Bertz CT molecular complexity index is 784. The standard InChI is InChI=1S/C18H21Cl2N5/c1-24(2)7-4-8-25-11-13(16-14(19)5-3-6-15(16)20)9-12-10-22-18(21)23-17(12)25/h3,5-6,9-10H,4,7-8,11H2,1-2H3,(H2,21,22,23). The molecule has 0 saturated heterocycles. The first kappa shape index (κ1) is 18.0. The molecular weight excluding hydrogens is 357 g/mol. The zero-order valence-electron chi connectivity index (χ0n) is 14.3. The fourth-order valence-corrected chi connectivity index (χ4v) is 3.62. The molecule has 2 aromatic rings. The lowest BCUT2D eigenvalue weighted by Gasteiger charge is -2.31. The van der Waals surface area contributed by atoms with Crippen molar-refractivity contribution in [1.29, 1.82) is 0 Å². The first-order valence-electron chi connectivity index (χ1n) is 8.13. The van der Waals surface area contributed by atoms with Gasteiger partial charge in [-0.3, -0.25) is 0 Å². The normalized spacial score (nSPS) is 13.8. The lowest BCUT2D eigenvalue weighted by molar-refractivity contribution is 0.401. The van der Waals surface area contributed by atoms with E-state index in [-0.39, 0.29) is 5.95 Å². The minimum absolute atomic E-state index is 0.281. The third-order valence-corrected chi connectivity index (χ3v) is 4.75. The van der Waals surface area contributed by atoms with Crippen molar-refractivity contribution >= 4 is 46.6 Å². The molecule has 1 aromatic heterocycles. The van der Waals surface area contributed by atoms with Crippen LogP contribution in [0.1, 0.15) is 17.5 Å². The molecule has 1 aliphatic rings. The Balaban J connectivity index is 1.97. The zero-order chi connectivity index (χ0) is 18.0. The minimum Gasteiger partial charge on any atom is -0.368 e. The number of halogens is 2. The van der Waals surface area contributed by atoms with E-state index in [2.05, 4.69) is 33.9 Å². The molecular formula is C18H21Cl2N5. The predicted octanol–water partition coefficient (Wildman–Crippen LogP) is 3.68. The van der Waals surface area contributed by atoms with E-state index in [1.807, 2.05) is 24.3 Å². The second-order valence-electron chi connectivity index (χ2n) is 6.35. The lowest BCUT2D eigenvalue weighted by Crippen LogP contribution is -2.32. The Hall–Kier alpha value is -1.82. The highest BCUT2D eigenvalue weighted by Gasteiger charge is 2.23. The van der Waals surface area contributed by atoms with Gasteiger partial charge in [-0.15, -0.1) is 0 Å². The number of nitrogen functional groups attached to an aromatic ring is 1. The van der Waals surface area contributed by atoms with Crippen molar-refractivity contribution in [2.75, 3.05) is 44.4 Å². The van der Waals surface area contributed by atoms with Crippen molar-refractivity contribution in [3.63, 3.8) is 0 Å². The Kier molecular flexibility index (Phi) is 5.47. The summed E-state index contributed by atoms with van der Waals surface area (Å²) in [4.78, 5) is 12.9. The van der Waals surface area contributed by atoms with Crippen molar-refractivity contribution in [1.82, 2.24) is 14.9 Å². The molecule has 2 heterocycles. The van der Waals surface area contributed by atoms with Gasteiger partial charge in [0.2, 0.25) is 5.95 Å². The van der Waals surface area contributed by atoms with E-state index in [1.54, 1.807) is 6.20 Å². The van der Waals surface area contributed by atoms with Gasteiger partial charge in [-0.2, -0.15) is 4.98 Å². The second-order valence-corrected chi connectivity index (χ2v) is 7.17. The summed E-state index contributed by atoms with van der Waals surface area (Å²) in [5, 5.41) is 1.29. The van der Waals surface area contributed by atoms with Crippen LogP contribution < -0.4 is 10.6 Å². The maximum absolute atomic E-state index is 6.41. The molecule has 0 radical (unpaired) electrons. The molecule has 0 aliphatic carbocycles. The van der Waals surface area contributed by atoms with Crippen LogP contribution in [0.5, 0.6) is 0 Å². The summed E-state index contributed by atoms with van der Waals surface area (Å²) in [6.07, 6.45) is 4.81. The Morgan fingerprint density at radius 3 is 2.64 bits per heavy atom. The lowest BCUT2D eigenvalue weighted by atomic mass is 9.99. The molecule has 2 N–H and O–H groups in total. The topological polar surface area (TPSA) is 58.3 Å². The summed E-state index contributed by atoms with van der Waals surface area (Å²) in [6, 6.07) is 5.56. The van der Waals surface area contributed by atoms with E-state index in [9.17, 15) is 0 Å². The zero-order valence-corrected chi connectivity index (χ0v) is 15.8. The summed E-state index contributed by atoms with van der Waals surface area (Å²) in [7, 11) is 4.14. The second kappa shape index (κ2) is 7.60. The number of rotatable bonds is 5. The fourth-order valence-electron chi connectivity index (χ4n) is 2.98. The smallest absolute Gasteiger partial charge is 0.221 e. The predicted molar refractivity (Wildman–Crippen MR) is 106 cm³/mol. The van der Waals surface area contributed by atoms with Gasteiger partial charge in [0.1, 0.15) is 5.82 Å². The Morgan fingerprint density at radius 2 is 1.96 bits per heavy atom. The van der Waals surface area contributed by atoms with Gasteiger partial charge in [0.15, 0.2) is 0 Å². The molecule has 7 heteroatoms. The van der Waals surface area contributed by atoms with Crippen molar-refractivity contribution in [3.8, 4) is 0 Å². The van der Waals surface area contributed by atoms with E-state index in [0.717, 1.165) is 42.0 Å². The van der Waals surface area contributed by atoms with Gasteiger partial charge < -0.3 is 15.5 Å². The van der Waals surface area contributed by atoms with E-state index in [1.165, 1.54) is 0 Å². The van der Waals surface area contributed by atoms with Crippen molar-refractivity contribution in [2.45, 2.75) is 6.42 Å². The van der Waals surface area contributed by atoms with Gasteiger partial charge in [0.05, 0.1) is 0 Å². The van der Waals surface area contributed by atoms with Gasteiger partial charge in [0.25, 0.3) is 0 Å². The average molecular weight is 378 g/mol. The van der Waals surface area contributed by atoms with Crippen molar-refractivity contribution in [2.24, 2.45) is 0 Å². The van der Waals surface area contributed by atoms with Gasteiger partial charge in [-0.1, -0.05) is 29.3 Å². The Labute approximate surface area is 158 Å². The first-order chi connectivity index (χ1) is 12.0. The van der Waals surface area contributed by atoms with E-state index >= 15 is 0 Å². The van der Waals surface area contributed by atoms with Crippen LogP contribution in [0.25, 0.3) is 11.6 Å². The first-order valence-corrected chi connectivity index (χ1v) is 8.88. The van der Waals surface area contributed by atoms with Crippen LogP contribution in [-0.2, 0) is 0 Å². The summed E-state index contributed by atoms with van der Waals surface area (Å²) in [6.45, 7) is 2.54. The van der Waals surface area contributed by atoms with Crippen molar-refractivity contribution < 1.29 is 0 Å². The van der Waals surface area contributed by atoms with Crippen LogP contribution in [0, 0.1) is 0 Å². The highest BCUT2D eigenvalue weighted by molar-refractivity contribution is 6.38.